The summed E-state index contributed by atoms with van der Waals surface area (Å²) in [5, 5.41) is 4.30. The maximum absolute atomic E-state index is 6.03. The fraction of sp³-hybridized carbons (Fsp3) is 0.130. The Balaban J connectivity index is 0.00000243. The molecule has 0 bridgehead atoms. The van der Waals surface area contributed by atoms with Crippen molar-refractivity contribution in [1.82, 2.24) is 5.32 Å². The summed E-state index contributed by atoms with van der Waals surface area (Å²) in [6.07, 6.45) is 3.24. The average Bonchev–Trinajstić information content (AvgIpc) is 2.66. The molecule has 26 heavy (non-hydrogen) atoms. The predicted molar refractivity (Wildman–Crippen MR) is 115 cm³/mol. The van der Waals surface area contributed by atoms with Gasteiger partial charge >= 0.3 is 0 Å². The zero-order valence-electron chi connectivity index (χ0n) is 14.6. The molecule has 0 aliphatic carbocycles. The first-order valence-electron chi connectivity index (χ1n) is 8.59. The van der Waals surface area contributed by atoms with E-state index in [9.17, 15) is 0 Å². The van der Waals surface area contributed by atoms with Crippen molar-refractivity contribution in [2.45, 2.75) is 6.42 Å². The monoisotopic (exact) mass is 383 g/mol. The van der Waals surface area contributed by atoms with Crippen molar-refractivity contribution in [2.75, 3.05) is 13.1 Å². The number of hydrogen-bond donors (Lipinski definition) is 1. The van der Waals surface area contributed by atoms with Crippen molar-refractivity contribution in [3.05, 3.63) is 113 Å². The molecule has 0 saturated carbocycles. The zero-order valence-corrected chi connectivity index (χ0v) is 16.1. The first kappa shape index (κ1) is 20.3. The molecule has 1 nitrogen and oxygen atoms in total. The molecule has 0 saturated heterocycles. The van der Waals surface area contributed by atoms with E-state index in [1.807, 2.05) is 18.2 Å². The minimum Gasteiger partial charge on any atom is -0.313 e. The van der Waals surface area contributed by atoms with Gasteiger partial charge in [0.05, 0.1) is 0 Å². The highest BCUT2D eigenvalue weighted by Gasteiger charge is 2.03. The van der Waals surface area contributed by atoms with Gasteiger partial charge in [-0.15, -0.1) is 12.4 Å². The minimum atomic E-state index is 0. The van der Waals surface area contributed by atoms with E-state index in [-0.39, 0.29) is 12.4 Å². The van der Waals surface area contributed by atoms with E-state index >= 15 is 0 Å². The van der Waals surface area contributed by atoms with Crippen LogP contribution in [-0.2, 0) is 6.42 Å². The smallest absolute Gasteiger partial charge is 0.0408 e. The summed E-state index contributed by atoms with van der Waals surface area (Å²) >= 11 is 6.03. The normalized spacial score (nSPS) is 10.0. The SMILES string of the molecule is Cl.Clc1cccc(CCNCC=C(c2ccccc2)c2ccccc2)c1. The lowest BCUT2D eigenvalue weighted by Crippen LogP contribution is -2.17. The minimum absolute atomic E-state index is 0. The van der Waals surface area contributed by atoms with Crippen LogP contribution in [0.1, 0.15) is 16.7 Å². The highest BCUT2D eigenvalue weighted by atomic mass is 35.5. The van der Waals surface area contributed by atoms with Gasteiger partial charge in [-0.05, 0) is 47.4 Å². The highest BCUT2D eigenvalue weighted by molar-refractivity contribution is 6.30. The van der Waals surface area contributed by atoms with Crippen LogP contribution in [0.2, 0.25) is 5.02 Å². The number of rotatable bonds is 7. The van der Waals surface area contributed by atoms with Gasteiger partial charge in [0.15, 0.2) is 0 Å². The molecule has 0 atom stereocenters. The largest absolute Gasteiger partial charge is 0.313 e. The molecule has 0 amide bonds. The Morgan fingerprint density at radius 3 is 2.00 bits per heavy atom. The summed E-state index contributed by atoms with van der Waals surface area (Å²) in [4.78, 5) is 0. The second-order valence-corrected chi connectivity index (χ2v) is 6.37. The third-order valence-corrected chi connectivity index (χ3v) is 4.33. The standard InChI is InChI=1S/C23H22ClN.ClH/c24-22-13-7-8-19(18-22)14-16-25-17-15-23(20-9-3-1-4-10-20)21-11-5-2-6-12-21;/h1-13,15,18,25H,14,16-17H2;1H. The average molecular weight is 384 g/mol. The van der Waals surface area contributed by atoms with Gasteiger partial charge in [-0.25, -0.2) is 0 Å². The molecule has 0 aliphatic heterocycles. The predicted octanol–water partition coefficient (Wildman–Crippen LogP) is 6.03. The van der Waals surface area contributed by atoms with E-state index in [2.05, 4.69) is 78.1 Å². The molecular formula is C23H23Cl2N. The van der Waals surface area contributed by atoms with Gasteiger partial charge in [0.2, 0.25) is 0 Å². The second kappa shape index (κ2) is 10.8. The summed E-state index contributed by atoms with van der Waals surface area (Å²) in [6, 6.07) is 29.1. The molecule has 3 aromatic carbocycles. The molecule has 0 spiro atoms. The number of halogens is 2. The molecule has 3 rings (SSSR count). The van der Waals surface area contributed by atoms with Crippen LogP contribution in [0.3, 0.4) is 0 Å². The number of hydrogen-bond acceptors (Lipinski definition) is 1. The van der Waals surface area contributed by atoms with E-state index in [4.69, 9.17) is 11.6 Å². The van der Waals surface area contributed by atoms with E-state index < -0.39 is 0 Å². The Morgan fingerprint density at radius 2 is 1.42 bits per heavy atom. The Bertz CT molecular complexity index is 772. The summed E-state index contributed by atoms with van der Waals surface area (Å²) in [5.41, 5.74) is 5.00. The van der Waals surface area contributed by atoms with Crippen LogP contribution in [0.25, 0.3) is 5.57 Å². The Morgan fingerprint density at radius 1 is 0.808 bits per heavy atom. The topological polar surface area (TPSA) is 12.0 Å². The van der Waals surface area contributed by atoms with Gasteiger partial charge in [-0.1, -0.05) is 90.5 Å². The summed E-state index contributed by atoms with van der Waals surface area (Å²) in [6.45, 7) is 1.76. The first-order valence-corrected chi connectivity index (χ1v) is 8.97. The van der Waals surface area contributed by atoms with Crippen molar-refractivity contribution in [1.29, 1.82) is 0 Å². The molecule has 0 fully saturated rings. The van der Waals surface area contributed by atoms with Crippen LogP contribution in [-0.4, -0.2) is 13.1 Å². The summed E-state index contributed by atoms with van der Waals surface area (Å²) in [5.74, 6) is 0. The van der Waals surface area contributed by atoms with Crippen molar-refractivity contribution in [2.24, 2.45) is 0 Å². The van der Waals surface area contributed by atoms with E-state index in [1.165, 1.54) is 22.3 Å². The number of benzene rings is 3. The Hall–Kier alpha value is -2.06. The van der Waals surface area contributed by atoms with Crippen LogP contribution in [0.15, 0.2) is 91.0 Å². The second-order valence-electron chi connectivity index (χ2n) is 5.93. The van der Waals surface area contributed by atoms with Gasteiger partial charge in [0.25, 0.3) is 0 Å². The third-order valence-electron chi connectivity index (χ3n) is 4.10. The molecule has 0 radical (unpaired) electrons. The van der Waals surface area contributed by atoms with E-state index in [1.54, 1.807) is 0 Å². The van der Waals surface area contributed by atoms with Crippen molar-refractivity contribution < 1.29 is 0 Å². The fourth-order valence-electron chi connectivity index (χ4n) is 2.84. The van der Waals surface area contributed by atoms with Crippen molar-refractivity contribution in [3.63, 3.8) is 0 Å². The van der Waals surface area contributed by atoms with Crippen LogP contribution in [0.4, 0.5) is 0 Å². The van der Waals surface area contributed by atoms with Gasteiger partial charge in [0.1, 0.15) is 0 Å². The Labute approximate surface area is 167 Å². The highest BCUT2D eigenvalue weighted by Crippen LogP contribution is 2.22. The van der Waals surface area contributed by atoms with Crippen LogP contribution < -0.4 is 5.32 Å². The quantitative estimate of drug-likeness (QED) is 0.491. The first-order chi connectivity index (χ1) is 12.3. The third kappa shape index (κ3) is 6.03. The van der Waals surface area contributed by atoms with Crippen LogP contribution in [0.5, 0.6) is 0 Å². The molecule has 134 valence electrons. The van der Waals surface area contributed by atoms with E-state index in [0.717, 1.165) is 24.5 Å². The van der Waals surface area contributed by atoms with Crippen molar-refractivity contribution in [3.8, 4) is 0 Å². The maximum atomic E-state index is 6.03. The maximum Gasteiger partial charge on any atom is 0.0408 e. The van der Waals surface area contributed by atoms with Crippen LogP contribution in [0, 0.1) is 0 Å². The number of nitrogens with one attached hydrogen (secondary N) is 1. The fourth-order valence-corrected chi connectivity index (χ4v) is 3.05. The lowest BCUT2D eigenvalue weighted by Gasteiger charge is -2.09. The Kier molecular flexibility index (Phi) is 8.43. The summed E-state index contributed by atoms with van der Waals surface area (Å²) < 4.78 is 0. The van der Waals surface area contributed by atoms with Gasteiger partial charge in [-0.2, -0.15) is 0 Å². The van der Waals surface area contributed by atoms with Crippen LogP contribution >= 0.6 is 24.0 Å². The molecule has 1 N–H and O–H groups in total. The lowest BCUT2D eigenvalue weighted by molar-refractivity contribution is 0.745. The summed E-state index contributed by atoms with van der Waals surface area (Å²) in [7, 11) is 0. The molecule has 0 aliphatic rings. The molecule has 0 unspecified atom stereocenters. The zero-order chi connectivity index (χ0) is 17.3. The molecule has 3 aromatic rings. The van der Waals surface area contributed by atoms with Gasteiger partial charge in [0, 0.05) is 11.6 Å². The van der Waals surface area contributed by atoms with E-state index in [0.29, 0.717) is 0 Å². The molecule has 0 aromatic heterocycles. The van der Waals surface area contributed by atoms with Crippen molar-refractivity contribution >= 4 is 29.6 Å². The lowest BCUT2D eigenvalue weighted by atomic mass is 9.97. The molecule has 0 heterocycles. The molecular weight excluding hydrogens is 361 g/mol. The molecule has 3 heteroatoms. The van der Waals surface area contributed by atoms with Gasteiger partial charge in [-0.3, -0.25) is 0 Å². The van der Waals surface area contributed by atoms with Gasteiger partial charge < -0.3 is 5.32 Å².